The standard InChI is InChI=1S/C7H14Te.C6H14Te.4C6H11.2C6H5.2C5H11.2C2H6Te.14CH3.4Bi.4FH.4Sb/c1-8-7-5-3-2-4-6-7;1-6(2,3)5-7-4;6*1-2-4-6-5-3-1;2*1-5(2,3)4;2*1-3-2;;;;;;;;;;;;;;;;;;;;;;;;;;/h7H,2-6H2,1H3;5H2,1-4H3;4*1H,2-6H2;2*1-5H;2*1H2,2-4H3;2*1-2H3;14*1H3;;;;;4*1H;;;;/q;;;;;;;;;;;;;;;;;;;;;;;;;;;;;+1;;;;;;;+1;+2/p-4. The van der Waals surface area contributed by atoms with Crippen LogP contribution in [0.2, 0.25) is 128 Å². The van der Waals surface area contributed by atoms with Gasteiger partial charge in [0.2, 0.25) is 0 Å². The van der Waals surface area contributed by atoms with Gasteiger partial charge in [-0.2, -0.15) is 0 Å². The Hall–Kier alpha value is 8.12. The van der Waals surface area contributed by atoms with Crippen LogP contribution < -0.4 is 7.02 Å². The van der Waals surface area contributed by atoms with Crippen molar-refractivity contribution in [3.63, 3.8) is 0 Å². The molecule has 0 bridgehead atoms. The van der Waals surface area contributed by atoms with Gasteiger partial charge in [-0.3, -0.25) is 0 Å². The predicted octanol–water partition coefficient (Wildman–Crippen LogP) is 28.0. The van der Waals surface area contributed by atoms with Crippen molar-refractivity contribution in [2.45, 2.75) is 351 Å². The van der Waals surface area contributed by atoms with Crippen molar-refractivity contribution < 1.29 is 11.1 Å². The van der Waals surface area contributed by atoms with Crippen molar-refractivity contribution in [3.8, 4) is 0 Å². The molecule has 0 saturated heterocycles. The van der Waals surface area contributed by atoms with Gasteiger partial charge in [0.25, 0.3) is 0 Å². The summed E-state index contributed by atoms with van der Waals surface area (Å²) < 4.78 is 79.1. The van der Waals surface area contributed by atoms with E-state index in [0.717, 1.165) is 4.87 Å². The van der Waals surface area contributed by atoms with E-state index in [-0.39, 0.29) is 7.02 Å². The molecule has 2 aromatic carbocycles. The summed E-state index contributed by atoms with van der Waals surface area (Å²) >= 11 is -12.0. The van der Waals surface area contributed by atoms with E-state index in [4.69, 9.17) is 0 Å². The molecule has 5 aliphatic carbocycles. The van der Waals surface area contributed by atoms with E-state index < -0.39 is 167 Å². The maximum absolute atomic E-state index is 14.8. The summed E-state index contributed by atoms with van der Waals surface area (Å²) in [5, 5.41) is 0. The van der Waals surface area contributed by atoms with E-state index in [1.165, 1.54) is 79.8 Å². The summed E-state index contributed by atoms with van der Waals surface area (Å²) in [5.41, 5.74) is 1.77. The number of hydrogen-bond donors (Lipinski definition) is 0. The molecule has 93 heavy (non-hydrogen) atoms. The summed E-state index contributed by atoms with van der Waals surface area (Å²) in [7, 11) is 0. The van der Waals surface area contributed by atoms with E-state index in [1.807, 2.05) is 0 Å². The van der Waals surface area contributed by atoms with Gasteiger partial charge in [0.1, 0.15) is 0 Å². The van der Waals surface area contributed by atoms with Crippen molar-refractivity contribution >= 4 is 258 Å². The molecule has 7 rings (SSSR count). The Kier molecular flexibility index (Phi) is 80.4. The van der Waals surface area contributed by atoms with Gasteiger partial charge < -0.3 is 0 Å². The summed E-state index contributed by atoms with van der Waals surface area (Å²) in [6.07, 6.45) is 39.4. The molecule has 2 aromatic rings. The SMILES string of the molecule is C[Te]C.C[Te]C.C[Te]C1CCCCC1.C[Te]CC(C)(C)C.[CH3][Bi]([CH2]C(C)(C)C)[CH2]C(C)(C)C.[CH3][Bi]([CH3])[CH3].[CH3][Bi]([CH3])[F].[CH3][Bi]([CH]1CCCCC1)[CH]1CCCCC1.[CH3][Sb]([CH3])[CH3].[CH3][Sb]([CH3])[F].[CH3][Sb]([CH]1CCCCC1)[CH]1CCCCC1.[CH3][Sb]([F])([F])([c]1ccccc1)[c]1ccccc1. The van der Waals surface area contributed by atoms with Gasteiger partial charge >= 0.3 is 697 Å². The van der Waals surface area contributed by atoms with E-state index in [9.17, 15) is 11.1 Å². The van der Waals surface area contributed by atoms with Crippen molar-refractivity contribution in [2.24, 2.45) is 16.2 Å². The first-order chi connectivity index (χ1) is 43.1. The van der Waals surface area contributed by atoms with Crippen LogP contribution in [0, 0.1) is 16.2 Å². The Morgan fingerprint density at radius 3 is 0.882 bits per heavy atom. The van der Waals surface area contributed by atoms with Gasteiger partial charge in [0.05, 0.1) is 0 Å². The first-order valence-corrected chi connectivity index (χ1v) is 113. The number of hydrogen-bond acceptors (Lipinski definition) is 0. The molecule has 0 spiro atoms. The molecule has 5 fully saturated rings. The summed E-state index contributed by atoms with van der Waals surface area (Å²) in [4.78, 5) is 28.1. The number of halogens is 4. The van der Waals surface area contributed by atoms with Crippen LogP contribution in [-0.2, 0) is 0 Å². The molecule has 5 aliphatic rings. The Bertz CT molecular complexity index is 1670. The average molecular weight is 2990 g/mol. The van der Waals surface area contributed by atoms with Gasteiger partial charge in [0.15, 0.2) is 0 Å². The minimum atomic E-state index is -5.79. The Balaban J connectivity index is -0.000000317. The van der Waals surface area contributed by atoms with Crippen LogP contribution in [0.4, 0.5) is 11.1 Å². The topological polar surface area (TPSA) is 0 Å². The van der Waals surface area contributed by atoms with Crippen LogP contribution in [0.1, 0.15) is 223 Å². The third-order valence-corrected chi connectivity index (χ3v) is 64.2. The molecule has 558 valence electrons. The van der Waals surface area contributed by atoms with Gasteiger partial charge in [0, 0.05) is 0 Å². The monoisotopic (exact) mass is 3000 g/mol. The third-order valence-electron chi connectivity index (χ3n) is 15.2. The van der Waals surface area contributed by atoms with Crippen molar-refractivity contribution in [1.82, 2.24) is 0 Å². The fraction of sp³-hybridized carbons (Fsp3) is 0.844. The van der Waals surface area contributed by atoms with E-state index in [1.54, 1.807) is 192 Å². The molecule has 0 atom stereocenters. The summed E-state index contributed by atoms with van der Waals surface area (Å²) in [6, 6.07) is 16.4. The molecule has 0 amide bonds. The summed E-state index contributed by atoms with van der Waals surface area (Å²) in [5.74, 6) is 0. The van der Waals surface area contributed by atoms with Crippen molar-refractivity contribution in [3.05, 3.63) is 60.7 Å². The second kappa shape index (κ2) is 68.2. The van der Waals surface area contributed by atoms with Gasteiger partial charge in [-0.1, -0.05) is 0 Å². The maximum atomic E-state index is 14.8. The molecular weight excluding hydrogens is 2830 g/mol. The van der Waals surface area contributed by atoms with Gasteiger partial charge in [-0.25, -0.2) is 0 Å². The van der Waals surface area contributed by atoms with Crippen LogP contribution in [0.15, 0.2) is 60.7 Å². The molecule has 16 heteroatoms. The molecule has 0 N–H and O–H groups in total. The second-order valence-corrected chi connectivity index (χ2v) is 109. The molecule has 0 nitrogen and oxygen atoms in total. The fourth-order valence-electron chi connectivity index (χ4n) is 11.6. The molecular formula is C77H158Bi4F4Sb4Te4. The molecule has 0 unspecified atom stereocenters. The predicted molar refractivity (Wildman–Crippen MR) is 450 cm³/mol. The van der Waals surface area contributed by atoms with Crippen LogP contribution in [0.25, 0.3) is 0 Å². The Labute approximate surface area is 684 Å². The van der Waals surface area contributed by atoms with E-state index in [2.05, 4.69) is 135 Å². The quantitative estimate of drug-likeness (QED) is 0.164. The summed E-state index contributed by atoms with van der Waals surface area (Å²) in [6.45, 7) is 21.2. The van der Waals surface area contributed by atoms with Crippen LogP contribution in [0.3, 0.4) is 0 Å². The van der Waals surface area contributed by atoms with Gasteiger partial charge in [-0.15, -0.1) is 0 Å². The molecule has 0 heterocycles. The van der Waals surface area contributed by atoms with Crippen molar-refractivity contribution in [2.75, 3.05) is 0 Å². The first-order valence-electron chi connectivity index (χ1n) is 35.5. The molecule has 0 aromatic heterocycles. The van der Waals surface area contributed by atoms with Gasteiger partial charge in [-0.05, 0) is 0 Å². The Morgan fingerprint density at radius 2 is 0.688 bits per heavy atom. The fourth-order valence-corrected chi connectivity index (χ4v) is 55.0. The molecule has 0 aliphatic heterocycles. The Morgan fingerprint density at radius 1 is 0.452 bits per heavy atom. The third kappa shape index (κ3) is 76.7. The van der Waals surface area contributed by atoms with Crippen LogP contribution >= 0.6 is 0 Å². The molecule has 5 saturated carbocycles. The van der Waals surface area contributed by atoms with Crippen LogP contribution in [-0.4, -0.2) is 251 Å². The van der Waals surface area contributed by atoms with Crippen LogP contribution in [0.5, 0.6) is 0 Å². The zero-order valence-corrected chi connectivity index (χ0v) is 100. The molecule has 0 radical (unpaired) electrons. The van der Waals surface area contributed by atoms with Crippen molar-refractivity contribution in [1.29, 1.82) is 0 Å². The van der Waals surface area contributed by atoms with E-state index >= 15 is 0 Å². The number of benzene rings is 2. The number of rotatable bonds is 10. The van der Waals surface area contributed by atoms with E-state index in [0.29, 0.717) is 99.9 Å². The average Bonchev–Trinajstić information content (AvgIpc) is 0.774. The second-order valence-electron chi connectivity index (χ2n) is 31.3. The zero-order valence-electron chi connectivity index (χ0n) is 66.7. The zero-order chi connectivity index (χ0) is 72.7. The minimum absolute atomic E-state index is 0.210. The normalized spacial score (nSPS) is 17.2. The first kappa shape index (κ1) is 110.